The Bertz CT molecular complexity index is 293. The molecule has 0 atom stereocenters. The van der Waals surface area contributed by atoms with E-state index in [1.54, 1.807) is 6.29 Å². The van der Waals surface area contributed by atoms with Gasteiger partial charge in [0.1, 0.15) is 5.76 Å². The standard InChI is InChI=1S/C12H21O5Si/c1-15-12(14)9-11(10-17-18(2,3)4)16-8-6-5-7-13/h9H,5-6,8,10H2,1-4H3/b11-9+. The first-order valence-electron chi connectivity index (χ1n) is 5.79. The van der Waals surface area contributed by atoms with Gasteiger partial charge in [-0.05, 0) is 26.1 Å². The van der Waals surface area contributed by atoms with Crippen molar-refractivity contribution in [1.82, 2.24) is 0 Å². The monoisotopic (exact) mass is 273 g/mol. The zero-order chi connectivity index (χ0) is 14.0. The summed E-state index contributed by atoms with van der Waals surface area (Å²) in [5.41, 5.74) is 0. The normalized spacial score (nSPS) is 12.1. The van der Waals surface area contributed by atoms with Crippen LogP contribution in [0.1, 0.15) is 12.8 Å². The van der Waals surface area contributed by atoms with Crippen LogP contribution in [0.4, 0.5) is 0 Å². The van der Waals surface area contributed by atoms with E-state index >= 15 is 0 Å². The summed E-state index contributed by atoms with van der Waals surface area (Å²) in [6.07, 6.45) is 3.94. The maximum absolute atomic E-state index is 11.2. The number of hydrogen-bond acceptors (Lipinski definition) is 5. The van der Waals surface area contributed by atoms with Crippen LogP contribution in [-0.4, -0.2) is 40.9 Å². The van der Waals surface area contributed by atoms with Gasteiger partial charge in [0.25, 0.3) is 0 Å². The molecule has 0 aromatic rings. The van der Waals surface area contributed by atoms with Gasteiger partial charge in [0.05, 0.1) is 26.4 Å². The molecule has 6 heteroatoms. The molecule has 0 rings (SSSR count). The summed E-state index contributed by atoms with van der Waals surface area (Å²) in [7, 11) is -0.368. The zero-order valence-corrected chi connectivity index (χ0v) is 12.4. The highest BCUT2D eigenvalue weighted by Gasteiger charge is 2.16. The summed E-state index contributed by atoms with van der Waals surface area (Å²) in [6.45, 7) is 6.74. The van der Waals surface area contributed by atoms with Crippen molar-refractivity contribution >= 4 is 20.6 Å². The number of esters is 1. The van der Waals surface area contributed by atoms with E-state index in [1.807, 2.05) is 19.6 Å². The van der Waals surface area contributed by atoms with Crippen molar-refractivity contribution in [2.45, 2.75) is 32.5 Å². The van der Waals surface area contributed by atoms with Crippen molar-refractivity contribution < 1.29 is 23.5 Å². The van der Waals surface area contributed by atoms with Crippen LogP contribution in [-0.2, 0) is 23.5 Å². The number of carbonyl (C=O) groups is 1. The quantitative estimate of drug-likeness (QED) is 0.211. The first-order chi connectivity index (χ1) is 8.39. The Morgan fingerprint density at radius 1 is 1.33 bits per heavy atom. The van der Waals surface area contributed by atoms with Crippen LogP contribution >= 0.6 is 0 Å². The number of hydrogen-bond donors (Lipinski definition) is 0. The molecule has 0 aliphatic rings. The van der Waals surface area contributed by atoms with Crippen LogP contribution in [0.3, 0.4) is 0 Å². The van der Waals surface area contributed by atoms with Crippen LogP contribution in [0.5, 0.6) is 0 Å². The Kier molecular flexibility index (Phi) is 8.31. The van der Waals surface area contributed by atoms with Gasteiger partial charge in [-0.2, -0.15) is 0 Å². The lowest BCUT2D eigenvalue weighted by atomic mass is 10.3. The lowest BCUT2D eigenvalue weighted by Gasteiger charge is -2.18. The molecule has 0 bridgehead atoms. The minimum absolute atomic E-state index is 0.246. The molecule has 0 aromatic carbocycles. The Hall–Kier alpha value is -1.14. The maximum Gasteiger partial charge on any atom is 0.333 e. The molecule has 0 unspecified atom stereocenters. The highest BCUT2D eigenvalue weighted by atomic mass is 28.4. The van der Waals surface area contributed by atoms with E-state index < -0.39 is 14.3 Å². The van der Waals surface area contributed by atoms with Crippen molar-refractivity contribution in [1.29, 1.82) is 0 Å². The minimum Gasteiger partial charge on any atom is -0.495 e. The van der Waals surface area contributed by atoms with Gasteiger partial charge >= 0.3 is 5.97 Å². The van der Waals surface area contributed by atoms with Crippen LogP contribution in [0.25, 0.3) is 0 Å². The number of ether oxygens (including phenoxy) is 2. The molecule has 0 N–H and O–H groups in total. The third-order valence-corrected chi connectivity index (χ3v) is 2.85. The second-order valence-electron chi connectivity index (χ2n) is 4.63. The van der Waals surface area contributed by atoms with Crippen molar-refractivity contribution in [3.8, 4) is 0 Å². The van der Waals surface area contributed by atoms with Gasteiger partial charge in [-0.25, -0.2) is 4.79 Å². The summed E-state index contributed by atoms with van der Waals surface area (Å²) < 4.78 is 15.6. The first kappa shape index (κ1) is 16.9. The molecule has 0 fully saturated rings. The topological polar surface area (TPSA) is 61.8 Å². The van der Waals surface area contributed by atoms with E-state index in [4.69, 9.17) is 9.16 Å². The molecule has 0 amide bonds. The molecule has 5 nitrogen and oxygen atoms in total. The van der Waals surface area contributed by atoms with Crippen LogP contribution in [0.15, 0.2) is 11.8 Å². The lowest BCUT2D eigenvalue weighted by molar-refractivity contribution is -0.135. The van der Waals surface area contributed by atoms with E-state index in [1.165, 1.54) is 13.2 Å². The largest absolute Gasteiger partial charge is 0.495 e. The molecule has 18 heavy (non-hydrogen) atoms. The van der Waals surface area contributed by atoms with Crippen molar-refractivity contribution in [3.05, 3.63) is 11.8 Å². The van der Waals surface area contributed by atoms with Crippen LogP contribution < -0.4 is 0 Å². The second kappa shape index (κ2) is 8.88. The summed E-state index contributed by atoms with van der Waals surface area (Å²) in [4.78, 5) is 21.2. The molecule has 0 saturated heterocycles. The lowest BCUT2D eigenvalue weighted by Crippen LogP contribution is -2.27. The van der Waals surface area contributed by atoms with E-state index in [-0.39, 0.29) is 6.61 Å². The molecule has 0 saturated carbocycles. The fourth-order valence-electron chi connectivity index (χ4n) is 0.951. The smallest absolute Gasteiger partial charge is 0.333 e. The predicted molar refractivity (Wildman–Crippen MR) is 70.3 cm³/mol. The van der Waals surface area contributed by atoms with Gasteiger partial charge in [-0.3, -0.25) is 4.79 Å². The summed E-state index contributed by atoms with van der Waals surface area (Å²) in [5.74, 6) is -0.0544. The number of carbonyl (C=O) groups excluding carboxylic acids is 2. The predicted octanol–water partition coefficient (Wildman–Crippen LogP) is 1.80. The molecule has 0 spiro atoms. The third-order valence-electron chi connectivity index (χ3n) is 1.84. The molecule has 0 aliphatic carbocycles. The molecule has 0 heterocycles. The molecule has 1 radical (unpaired) electrons. The van der Waals surface area contributed by atoms with Crippen molar-refractivity contribution in [2.75, 3.05) is 20.3 Å². The van der Waals surface area contributed by atoms with Gasteiger partial charge in [0.15, 0.2) is 14.6 Å². The van der Waals surface area contributed by atoms with Gasteiger partial charge in [-0.15, -0.1) is 0 Å². The summed E-state index contributed by atoms with van der Waals surface area (Å²) in [6, 6.07) is 0. The Morgan fingerprint density at radius 3 is 2.50 bits per heavy atom. The van der Waals surface area contributed by atoms with Crippen LogP contribution in [0, 0.1) is 0 Å². The van der Waals surface area contributed by atoms with Gasteiger partial charge in [-0.1, -0.05) is 0 Å². The van der Waals surface area contributed by atoms with E-state index in [0.29, 0.717) is 25.2 Å². The molecular weight excluding hydrogens is 252 g/mol. The minimum atomic E-state index is -1.67. The van der Waals surface area contributed by atoms with Crippen molar-refractivity contribution in [3.63, 3.8) is 0 Å². The zero-order valence-electron chi connectivity index (χ0n) is 11.4. The average molecular weight is 273 g/mol. The molecule has 0 aromatic heterocycles. The summed E-state index contributed by atoms with van der Waals surface area (Å²) >= 11 is 0. The number of unbranched alkanes of at least 4 members (excludes halogenated alkanes) is 1. The fraction of sp³-hybridized carbons (Fsp3) is 0.667. The molecular formula is C12H21O5Si. The van der Waals surface area contributed by atoms with E-state index in [9.17, 15) is 9.59 Å². The highest BCUT2D eigenvalue weighted by Crippen LogP contribution is 2.08. The van der Waals surface area contributed by atoms with Crippen LogP contribution in [0.2, 0.25) is 19.6 Å². The van der Waals surface area contributed by atoms with E-state index in [2.05, 4.69) is 4.74 Å². The fourth-order valence-corrected chi connectivity index (χ4v) is 1.53. The molecule has 0 aliphatic heterocycles. The SMILES string of the molecule is COC(=O)/C=C(\CO[Si](C)(C)C)OCCC[C]=O. The van der Waals surface area contributed by atoms with Crippen molar-refractivity contribution in [2.24, 2.45) is 0 Å². The number of methoxy groups -OCH3 is 1. The Labute approximate surface area is 109 Å². The van der Waals surface area contributed by atoms with Gasteiger partial charge < -0.3 is 13.9 Å². The van der Waals surface area contributed by atoms with Gasteiger partial charge in [0, 0.05) is 6.42 Å². The summed E-state index contributed by atoms with van der Waals surface area (Å²) in [5, 5.41) is 0. The average Bonchev–Trinajstić information content (AvgIpc) is 2.29. The maximum atomic E-state index is 11.2. The second-order valence-corrected chi connectivity index (χ2v) is 9.14. The molecule has 103 valence electrons. The van der Waals surface area contributed by atoms with E-state index in [0.717, 1.165) is 0 Å². The first-order valence-corrected chi connectivity index (χ1v) is 9.20. The van der Waals surface area contributed by atoms with Gasteiger partial charge in [0.2, 0.25) is 0 Å². The Balaban J connectivity index is 4.29. The highest BCUT2D eigenvalue weighted by molar-refractivity contribution is 6.69. The Morgan fingerprint density at radius 2 is 2.00 bits per heavy atom. The number of rotatable bonds is 9. The third kappa shape index (κ3) is 10.0.